The summed E-state index contributed by atoms with van der Waals surface area (Å²) in [6, 6.07) is 9.34. The monoisotopic (exact) mass is 426 g/mol. The Hall–Kier alpha value is -2.51. The highest BCUT2D eigenvalue weighted by atomic mass is 35.5. The molecule has 0 bridgehead atoms. The van der Waals surface area contributed by atoms with Crippen molar-refractivity contribution in [3.8, 4) is 5.69 Å². The molecule has 0 atom stereocenters. The molecule has 0 spiro atoms. The van der Waals surface area contributed by atoms with Crippen molar-refractivity contribution < 1.29 is 13.2 Å². The van der Waals surface area contributed by atoms with Crippen LogP contribution in [0.1, 0.15) is 22.5 Å². The van der Waals surface area contributed by atoms with Gasteiger partial charge in [-0.25, -0.2) is 4.98 Å². The van der Waals surface area contributed by atoms with Gasteiger partial charge in [0.1, 0.15) is 5.82 Å². The normalized spacial score (nSPS) is 12.0. The predicted octanol–water partition coefficient (Wildman–Crippen LogP) is 6.26. The van der Waals surface area contributed by atoms with Gasteiger partial charge in [0.2, 0.25) is 0 Å². The summed E-state index contributed by atoms with van der Waals surface area (Å²) in [6.07, 6.45) is -2.09. The molecular formula is C19H15Cl2F3N4. The molecule has 0 fully saturated rings. The van der Waals surface area contributed by atoms with Crippen molar-refractivity contribution in [2.45, 2.75) is 20.0 Å². The van der Waals surface area contributed by atoms with Crippen LogP contribution in [-0.4, -0.2) is 15.8 Å². The van der Waals surface area contributed by atoms with Crippen LogP contribution in [-0.2, 0) is 6.18 Å². The first kappa shape index (κ1) is 20.2. The van der Waals surface area contributed by atoms with Crippen molar-refractivity contribution in [2.75, 3.05) is 5.43 Å². The third-order valence-electron chi connectivity index (χ3n) is 4.09. The van der Waals surface area contributed by atoms with Crippen LogP contribution in [0.3, 0.4) is 0 Å². The first-order valence-electron chi connectivity index (χ1n) is 8.13. The minimum Gasteiger partial charge on any atom is -0.316 e. The standard InChI is InChI=1S/C19H15Cl2F3N4/c1-11-7-13(12(2)28(11)17-5-4-15(20)8-16(17)21)9-26-27-18-6-3-14(10-25-18)19(22,23)24/h3-10H,1-2H3,(H,25,27)/b26-9-. The Kier molecular flexibility index (Phi) is 5.67. The van der Waals surface area contributed by atoms with E-state index in [1.165, 1.54) is 6.07 Å². The number of benzene rings is 1. The largest absolute Gasteiger partial charge is 0.417 e. The first-order chi connectivity index (χ1) is 13.2. The zero-order valence-corrected chi connectivity index (χ0v) is 16.4. The van der Waals surface area contributed by atoms with Crippen LogP contribution in [0.4, 0.5) is 19.0 Å². The topological polar surface area (TPSA) is 42.2 Å². The fraction of sp³-hybridized carbons (Fsp3) is 0.158. The van der Waals surface area contributed by atoms with E-state index < -0.39 is 11.7 Å². The molecule has 1 N–H and O–H groups in total. The van der Waals surface area contributed by atoms with Crippen LogP contribution >= 0.6 is 23.2 Å². The van der Waals surface area contributed by atoms with Crippen molar-refractivity contribution in [3.63, 3.8) is 0 Å². The number of rotatable bonds is 4. The average molecular weight is 427 g/mol. The lowest BCUT2D eigenvalue weighted by molar-refractivity contribution is -0.137. The zero-order valence-electron chi connectivity index (χ0n) is 14.9. The number of nitrogens with one attached hydrogen (secondary N) is 1. The second-order valence-corrected chi connectivity index (χ2v) is 6.90. The van der Waals surface area contributed by atoms with Crippen LogP contribution in [0.25, 0.3) is 5.69 Å². The molecule has 0 radical (unpaired) electrons. The predicted molar refractivity (Wildman–Crippen MR) is 106 cm³/mol. The maximum Gasteiger partial charge on any atom is 0.417 e. The van der Waals surface area contributed by atoms with E-state index in [4.69, 9.17) is 23.2 Å². The summed E-state index contributed by atoms with van der Waals surface area (Å²) < 4.78 is 39.6. The number of hydrogen-bond donors (Lipinski definition) is 1. The lowest BCUT2D eigenvalue weighted by atomic mass is 10.2. The maximum absolute atomic E-state index is 12.6. The fourth-order valence-corrected chi connectivity index (χ4v) is 3.24. The molecule has 0 unspecified atom stereocenters. The number of aryl methyl sites for hydroxylation is 1. The van der Waals surface area contributed by atoms with E-state index in [0.717, 1.165) is 34.9 Å². The molecule has 9 heteroatoms. The van der Waals surface area contributed by atoms with Crippen LogP contribution in [0.15, 0.2) is 47.7 Å². The number of hydrazone groups is 1. The zero-order chi connectivity index (χ0) is 20.5. The Morgan fingerprint density at radius 2 is 1.86 bits per heavy atom. The minimum atomic E-state index is -4.42. The second-order valence-electron chi connectivity index (χ2n) is 6.06. The van der Waals surface area contributed by atoms with Crippen molar-refractivity contribution in [1.29, 1.82) is 0 Å². The fourth-order valence-electron chi connectivity index (χ4n) is 2.75. The summed E-state index contributed by atoms with van der Waals surface area (Å²) >= 11 is 12.3. The first-order valence-corrected chi connectivity index (χ1v) is 8.89. The lowest BCUT2D eigenvalue weighted by Gasteiger charge is -2.11. The highest BCUT2D eigenvalue weighted by molar-refractivity contribution is 6.35. The van der Waals surface area contributed by atoms with Gasteiger partial charge in [-0.2, -0.15) is 18.3 Å². The van der Waals surface area contributed by atoms with E-state index in [1.807, 2.05) is 30.5 Å². The summed E-state index contributed by atoms with van der Waals surface area (Å²) in [5.41, 5.74) is 5.26. The van der Waals surface area contributed by atoms with E-state index >= 15 is 0 Å². The second kappa shape index (κ2) is 7.85. The van der Waals surface area contributed by atoms with Crippen LogP contribution in [0.2, 0.25) is 10.0 Å². The number of pyridine rings is 1. The van der Waals surface area contributed by atoms with Gasteiger partial charge in [-0.3, -0.25) is 5.43 Å². The number of halogens is 5. The van der Waals surface area contributed by atoms with Crippen LogP contribution in [0.5, 0.6) is 0 Å². The number of anilines is 1. The summed E-state index contributed by atoms with van der Waals surface area (Å²) in [4.78, 5) is 3.71. The van der Waals surface area contributed by atoms with Crippen molar-refractivity contribution in [1.82, 2.24) is 9.55 Å². The van der Waals surface area contributed by atoms with Crippen molar-refractivity contribution in [3.05, 3.63) is 75.2 Å². The molecular weight excluding hydrogens is 412 g/mol. The van der Waals surface area contributed by atoms with Gasteiger partial charge >= 0.3 is 6.18 Å². The molecule has 146 valence electrons. The number of hydrogen-bond acceptors (Lipinski definition) is 3. The van der Waals surface area contributed by atoms with E-state index in [1.54, 1.807) is 18.3 Å². The molecule has 0 amide bonds. The Labute approximate surface area is 169 Å². The average Bonchev–Trinajstić information content (AvgIpc) is 2.89. The molecule has 0 aliphatic heterocycles. The van der Waals surface area contributed by atoms with Crippen molar-refractivity contribution in [2.24, 2.45) is 5.10 Å². The van der Waals surface area contributed by atoms with Gasteiger partial charge in [-0.1, -0.05) is 23.2 Å². The molecule has 0 aliphatic rings. The van der Waals surface area contributed by atoms with Gasteiger partial charge < -0.3 is 4.57 Å². The van der Waals surface area contributed by atoms with Gasteiger partial charge in [0.05, 0.1) is 22.5 Å². The van der Waals surface area contributed by atoms with E-state index in [-0.39, 0.29) is 5.82 Å². The number of nitrogens with zero attached hydrogens (tertiary/aromatic N) is 3. The van der Waals surface area contributed by atoms with Gasteiger partial charge in [-0.05, 0) is 50.2 Å². The van der Waals surface area contributed by atoms with Crippen LogP contribution < -0.4 is 5.43 Å². The third-order valence-corrected chi connectivity index (χ3v) is 4.63. The Balaban J connectivity index is 1.80. The molecule has 0 aliphatic carbocycles. The van der Waals surface area contributed by atoms with Gasteiger partial charge in [0.25, 0.3) is 0 Å². The smallest absolute Gasteiger partial charge is 0.316 e. The molecule has 0 saturated heterocycles. The summed E-state index contributed by atoms with van der Waals surface area (Å²) in [6.45, 7) is 3.84. The van der Waals surface area contributed by atoms with Gasteiger partial charge in [0, 0.05) is 28.2 Å². The van der Waals surface area contributed by atoms with Gasteiger partial charge in [-0.15, -0.1) is 0 Å². The van der Waals surface area contributed by atoms with Gasteiger partial charge in [0.15, 0.2) is 0 Å². The molecule has 3 aromatic rings. The molecule has 1 aromatic carbocycles. The van der Waals surface area contributed by atoms with E-state index in [9.17, 15) is 13.2 Å². The highest BCUT2D eigenvalue weighted by Crippen LogP contribution is 2.29. The summed E-state index contributed by atoms with van der Waals surface area (Å²) in [5.74, 6) is 0.207. The maximum atomic E-state index is 12.6. The number of aromatic nitrogens is 2. The highest BCUT2D eigenvalue weighted by Gasteiger charge is 2.30. The third kappa shape index (κ3) is 4.31. The Morgan fingerprint density at radius 3 is 2.46 bits per heavy atom. The van der Waals surface area contributed by atoms with Crippen molar-refractivity contribution >= 4 is 35.2 Å². The SMILES string of the molecule is Cc1cc(/C=N\Nc2ccc(C(F)(F)F)cn2)c(C)n1-c1ccc(Cl)cc1Cl. The lowest BCUT2D eigenvalue weighted by Crippen LogP contribution is -2.05. The Morgan fingerprint density at radius 1 is 1.11 bits per heavy atom. The van der Waals surface area contributed by atoms with E-state index in [0.29, 0.717) is 10.0 Å². The number of alkyl halides is 3. The van der Waals surface area contributed by atoms with Crippen LogP contribution in [0, 0.1) is 13.8 Å². The molecule has 2 aromatic heterocycles. The van der Waals surface area contributed by atoms with E-state index in [2.05, 4.69) is 15.5 Å². The molecule has 2 heterocycles. The molecule has 0 saturated carbocycles. The molecule has 3 rings (SSSR count). The molecule has 4 nitrogen and oxygen atoms in total. The summed E-state index contributed by atoms with van der Waals surface area (Å²) in [7, 11) is 0. The quantitative estimate of drug-likeness (QED) is 0.395. The molecule has 28 heavy (non-hydrogen) atoms. The summed E-state index contributed by atoms with van der Waals surface area (Å²) in [5, 5.41) is 5.13. The Bertz CT molecular complexity index is 1020. The minimum absolute atomic E-state index is 0.207.